The summed E-state index contributed by atoms with van der Waals surface area (Å²) >= 11 is 0. The summed E-state index contributed by atoms with van der Waals surface area (Å²) in [6, 6.07) is 11.5. The molecule has 0 saturated heterocycles. The van der Waals surface area contributed by atoms with Crippen LogP contribution < -0.4 is 0 Å². The predicted molar refractivity (Wildman–Crippen MR) is 107 cm³/mol. The Hall–Kier alpha value is -2.67. The van der Waals surface area contributed by atoms with Crippen molar-refractivity contribution in [2.45, 2.75) is 52.3 Å². The maximum Gasteiger partial charge on any atom is 0.416 e. The molecule has 3 rings (SSSR count). The van der Waals surface area contributed by atoms with Crippen molar-refractivity contribution in [3.8, 4) is 11.1 Å². The molecule has 29 heavy (non-hydrogen) atoms. The van der Waals surface area contributed by atoms with Crippen molar-refractivity contribution in [3.63, 3.8) is 0 Å². The summed E-state index contributed by atoms with van der Waals surface area (Å²) in [5.74, 6) is 0.113. The van der Waals surface area contributed by atoms with Crippen molar-refractivity contribution in [2.24, 2.45) is 0 Å². The van der Waals surface area contributed by atoms with Gasteiger partial charge < -0.3 is 5.11 Å². The Balaban J connectivity index is 0.000000284. The highest BCUT2D eigenvalue weighted by molar-refractivity contribution is 5.82. The monoisotopic (exact) mass is 406 g/mol. The fraction of sp³-hybridized carbons (Fsp3) is 0.364. The largest absolute Gasteiger partial charge is 0.416 e. The minimum Gasteiger partial charge on any atom is -0.390 e. The highest BCUT2D eigenvalue weighted by Gasteiger charge is 2.31. The zero-order chi connectivity index (χ0) is 21.8. The molecule has 0 aliphatic rings. The van der Waals surface area contributed by atoms with Crippen molar-refractivity contribution in [2.75, 3.05) is 0 Å². The van der Waals surface area contributed by atoms with Gasteiger partial charge in [-0.15, -0.1) is 0 Å². The van der Waals surface area contributed by atoms with Gasteiger partial charge in [0.05, 0.1) is 22.4 Å². The van der Waals surface area contributed by atoms with Crippen LogP contribution in [-0.4, -0.2) is 26.1 Å². The van der Waals surface area contributed by atoms with Gasteiger partial charge in [-0.1, -0.05) is 37.3 Å². The van der Waals surface area contributed by atoms with E-state index in [-0.39, 0.29) is 12.2 Å². The van der Waals surface area contributed by atoms with Gasteiger partial charge in [0.2, 0.25) is 0 Å². The van der Waals surface area contributed by atoms with Gasteiger partial charge in [-0.25, -0.2) is 4.52 Å². The van der Waals surface area contributed by atoms with Crippen LogP contribution in [0.5, 0.6) is 0 Å². The van der Waals surface area contributed by atoms with Crippen LogP contribution in [-0.2, 0) is 11.0 Å². The normalized spacial score (nSPS) is 11.9. The van der Waals surface area contributed by atoms with Crippen LogP contribution in [0.15, 0.2) is 48.7 Å². The van der Waals surface area contributed by atoms with Crippen molar-refractivity contribution >= 4 is 11.3 Å². The Morgan fingerprint density at radius 1 is 1.14 bits per heavy atom. The molecule has 2 aromatic heterocycles. The van der Waals surface area contributed by atoms with E-state index in [4.69, 9.17) is 5.11 Å². The molecule has 4 nitrogen and oxygen atoms in total. The molecule has 0 fully saturated rings. The van der Waals surface area contributed by atoms with Crippen LogP contribution in [0.2, 0.25) is 0 Å². The molecule has 7 heteroatoms. The number of halogens is 3. The Kier molecular flexibility index (Phi) is 6.85. The lowest BCUT2D eigenvalue weighted by Gasteiger charge is -2.14. The van der Waals surface area contributed by atoms with Crippen molar-refractivity contribution < 1.29 is 23.1 Å². The van der Waals surface area contributed by atoms with Gasteiger partial charge in [0.25, 0.3) is 0 Å². The van der Waals surface area contributed by atoms with Gasteiger partial charge in [-0.2, -0.15) is 18.3 Å². The first-order chi connectivity index (χ1) is 13.4. The number of hydrogen-bond acceptors (Lipinski definition) is 3. The quantitative estimate of drug-likeness (QED) is 0.626. The highest BCUT2D eigenvalue weighted by atomic mass is 19.4. The lowest BCUT2D eigenvalue weighted by atomic mass is 10.0. The smallest absolute Gasteiger partial charge is 0.390 e. The van der Waals surface area contributed by atoms with E-state index in [1.54, 1.807) is 27.7 Å². The number of nitrogens with zero attached hydrogens (tertiary/aromatic N) is 2. The Morgan fingerprint density at radius 3 is 2.24 bits per heavy atom. The van der Waals surface area contributed by atoms with E-state index in [0.29, 0.717) is 17.6 Å². The second-order valence-electron chi connectivity index (χ2n) is 7.45. The minimum atomic E-state index is -4.35. The third kappa shape index (κ3) is 6.15. The molecule has 2 heterocycles. The average molecular weight is 406 g/mol. The number of aromatic nitrogens is 2. The summed E-state index contributed by atoms with van der Waals surface area (Å²) in [5.41, 5.74) is 1.27. The Bertz CT molecular complexity index is 971. The van der Waals surface area contributed by atoms with Crippen molar-refractivity contribution in [3.05, 3.63) is 59.9 Å². The zero-order valence-electron chi connectivity index (χ0n) is 16.9. The number of pyridine rings is 1. The molecule has 1 N–H and O–H groups in total. The molecular weight excluding hydrogens is 381 g/mol. The van der Waals surface area contributed by atoms with E-state index in [9.17, 15) is 18.0 Å². The minimum absolute atomic E-state index is 0.113. The number of fused-ring (bicyclic) bond motifs is 1. The molecule has 0 unspecified atom stereocenters. The first-order valence-corrected chi connectivity index (χ1v) is 9.28. The van der Waals surface area contributed by atoms with Crippen LogP contribution in [0.3, 0.4) is 0 Å². The molecule has 0 atom stereocenters. The molecule has 0 amide bonds. The van der Waals surface area contributed by atoms with Gasteiger partial charge >= 0.3 is 6.18 Å². The maximum absolute atomic E-state index is 12.8. The molecule has 1 aromatic carbocycles. The standard InChI is InChI=1S/C15H11F3N2.C7H14O2/c1-10-14(11-5-3-2-4-6-11)13-9-12(15(16,17)18)7-8-20(13)19-10;1-4-6(8)5-7(2,3)9/h2-9H,1H3;9H,4-5H2,1-3H3. The Labute approximate surface area is 168 Å². The number of carbonyl (C=O) groups excluding carboxylic acids is 1. The summed E-state index contributed by atoms with van der Waals surface area (Å²) in [6.07, 6.45) is -2.22. The number of alkyl halides is 3. The Morgan fingerprint density at radius 2 is 1.76 bits per heavy atom. The second kappa shape index (κ2) is 8.78. The first-order valence-electron chi connectivity index (χ1n) is 9.28. The average Bonchev–Trinajstić information content (AvgIpc) is 2.95. The summed E-state index contributed by atoms with van der Waals surface area (Å²) in [4.78, 5) is 10.7. The number of hydrogen-bond donors (Lipinski definition) is 1. The van der Waals surface area contributed by atoms with E-state index in [1.807, 2.05) is 30.3 Å². The van der Waals surface area contributed by atoms with Gasteiger partial charge in [0.15, 0.2) is 0 Å². The van der Waals surface area contributed by atoms with E-state index >= 15 is 0 Å². The van der Waals surface area contributed by atoms with E-state index in [1.165, 1.54) is 10.7 Å². The van der Waals surface area contributed by atoms with E-state index in [2.05, 4.69) is 5.10 Å². The van der Waals surface area contributed by atoms with Crippen LogP contribution >= 0.6 is 0 Å². The first kappa shape index (κ1) is 22.6. The summed E-state index contributed by atoms with van der Waals surface area (Å²) in [7, 11) is 0. The third-order valence-corrected chi connectivity index (χ3v) is 4.22. The molecule has 0 aliphatic carbocycles. The van der Waals surface area contributed by atoms with Crippen LogP contribution in [0.1, 0.15) is 44.9 Å². The molecular formula is C22H25F3N2O2. The number of aryl methyl sites for hydroxylation is 1. The number of rotatable bonds is 4. The molecule has 0 saturated carbocycles. The molecule has 3 aromatic rings. The fourth-order valence-electron chi connectivity index (χ4n) is 2.91. The van der Waals surface area contributed by atoms with Gasteiger partial charge in [0, 0.05) is 24.6 Å². The molecule has 0 spiro atoms. The molecule has 0 bridgehead atoms. The summed E-state index contributed by atoms with van der Waals surface area (Å²) in [5, 5.41) is 13.4. The number of Topliss-reactive ketones (excluding diaryl/α,β-unsaturated/α-hetero) is 1. The summed E-state index contributed by atoms with van der Waals surface area (Å²) < 4.78 is 40.0. The van der Waals surface area contributed by atoms with Gasteiger partial charge in [0.1, 0.15) is 5.78 Å². The van der Waals surface area contributed by atoms with E-state index in [0.717, 1.165) is 23.3 Å². The van der Waals surface area contributed by atoms with Crippen molar-refractivity contribution in [1.82, 2.24) is 9.61 Å². The topological polar surface area (TPSA) is 54.6 Å². The maximum atomic E-state index is 12.8. The van der Waals surface area contributed by atoms with Crippen LogP contribution in [0, 0.1) is 6.92 Å². The number of benzene rings is 1. The molecule has 0 radical (unpaired) electrons. The lowest BCUT2D eigenvalue weighted by molar-refractivity contribution is -0.137. The predicted octanol–water partition coefficient (Wildman–Crippen LogP) is 5.46. The molecule has 156 valence electrons. The lowest BCUT2D eigenvalue weighted by Crippen LogP contribution is -2.22. The van der Waals surface area contributed by atoms with E-state index < -0.39 is 17.3 Å². The second-order valence-corrected chi connectivity index (χ2v) is 7.45. The van der Waals surface area contributed by atoms with Crippen LogP contribution in [0.4, 0.5) is 13.2 Å². The number of carbonyl (C=O) groups is 1. The van der Waals surface area contributed by atoms with Crippen LogP contribution in [0.25, 0.3) is 16.6 Å². The van der Waals surface area contributed by atoms with Gasteiger partial charge in [-0.05, 0) is 38.5 Å². The van der Waals surface area contributed by atoms with Crippen molar-refractivity contribution in [1.29, 1.82) is 0 Å². The summed E-state index contributed by atoms with van der Waals surface area (Å²) in [6.45, 7) is 6.87. The van der Waals surface area contributed by atoms with Gasteiger partial charge in [-0.3, -0.25) is 4.79 Å². The number of aliphatic hydroxyl groups is 1. The third-order valence-electron chi connectivity index (χ3n) is 4.22. The fourth-order valence-corrected chi connectivity index (χ4v) is 2.91. The number of ketones is 1. The SMILES string of the molecule is CCC(=O)CC(C)(C)O.Cc1nn2ccc(C(F)(F)F)cc2c1-c1ccccc1. The zero-order valence-corrected chi connectivity index (χ0v) is 16.9. The highest BCUT2D eigenvalue weighted by Crippen LogP contribution is 2.33. The molecule has 0 aliphatic heterocycles.